The molecule has 0 aromatic carbocycles. The van der Waals surface area contributed by atoms with E-state index in [4.69, 9.17) is 4.74 Å². The molecule has 1 aromatic heterocycles. The summed E-state index contributed by atoms with van der Waals surface area (Å²) in [6.07, 6.45) is 3.19. The van der Waals surface area contributed by atoms with Gasteiger partial charge in [-0.15, -0.1) is 0 Å². The van der Waals surface area contributed by atoms with Crippen LogP contribution in [-0.4, -0.2) is 23.6 Å². The molecule has 0 spiro atoms. The Labute approximate surface area is 104 Å². The Bertz CT molecular complexity index is 319. The van der Waals surface area contributed by atoms with Crippen LogP contribution in [-0.2, 0) is 6.42 Å². The summed E-state index contributed by atoms with van der Waals surface area (Å²) in [5, 5.41) is 3.02. The molecule has 1 heterocycles. The summed E-state index contributed by atoms with van der Waals surface area (Å²) in [5.74, 6) is 2.87. The maximum absolute atomic E-state index is 5.71. The van der Waals surface area contributed by atoms with Gasteiger partial charge in [-0.05, 0) is 12.3 Å². The third-order valence-electron chi connectivity index (χ3n) is 2.62. The molecular weight excluding hydrogens is 214 g/mol. The second kappa shape index (κ2) is 7.09. The fourth-order valence-corrected chi connectivity index (χ4v) is 1.64. The van der Waals surface area contributed by atoms with Crippen LogP contribution in [0.25, 0.3) is 0 Å². The average molecular weight is 237 g/mol. The first-order chi connectivity index (χ1) is 8.19. The van der Waals surface area contributed by atoms with E-state index >= 15 is 0 Å². The minimum Gasteiger partial charge on any atom is -0.477 e. The Morgan fingerprint density at radius 1 is 1.35 bits per heavy atom. The van der Waals surface area contributed by atoms with Crippen molar-refractivity contribution in [2.45, 2.75) is 40.0 Å². The maximum atomic E-state index is 5.71. The predicted octanol–water partition coefficient (Wildman–Crippen LogP) is 2.90. The fourth-order valence-electron chi connectivity index (χ4n) is 1.64. The summed E-state index contributed by atoms with van der Waals surface area (Å²) >= 11 is 0. The molecule has 1 unspecified atom stereocenters. The van der Waals surface area contributed by atoms with Crippen LogP contribution < -0.4 is 10.1 Å². The van der Waals surface area contributed by atoms with Crippen LogP contribution in [0.1, 0.15) is 39.4 Å². The van der Waals surface area contributed by atoms with Crippen molar-refractivity contribution < 1.29 is 4.74 Å². The van der Waals surface area contributed by atoms with Crippen molar-refractivity contribution in [3.8, 4) is 5.88 Å². The smallest absolute Gasteiger partial charge is 0.218 e. The first-order valence-corrected chi connectivity index (χ1v) is 6.38. The van der Waals surface area contributed by atoms with Gasteiger partial charge in [0.2, 0.25) is 5.88 Å². The van der Waals surface area contributed by atoms with E-state index in [1.54, 1.807) is 0 Å². The molecule has 0 saturated heterocycles. The third kappa shape index (κ3) is 4.59. The SMILES string of the molecule is CCCC(C)COc1cc(NC)nc(CC)n1. The molecular formula is C13H23N3O. The van der Waals surface area contributed by atoms with Gasteiger partial charge in [0.15, 0.2) is 0 Å². The quantitative estimate of drug-likeness (QED) is 0.792. The lowest BCUT2D eigenvalue weighted by Crippen LogP contribution is -2.10. The highest BCUT2D eigenvalue weighted by molar-refractivity contribution is 5.37. The van der Waals surface area contributed by atoms with Crippen molar-refractivity contribution in [3.63, 3.8) is 0 Å². The monoisotopic (exact) mass is 237 g/mol. The number of rotatable bonds is 7. The van der Waals surface area contributed by atoms with Gasteiger partial charge in [-0.3, -0.25) is 0 Å². The van der Waals surface area contributed by atoms with E-state index in [1.807, 2.05) is 20.0 Å². The summed E-state index contributed by atoms with van der Waals surface area (Å²) in [4.78, 5) is 8.69. The van der Waals surface area contributed by atoms with Gasteiger partial charge in [0.1, 0.15) is 11.6 Å². The van der Waals surface area contributed by atoms with E-state index in [2.05, 4.69) is 29.1 Å². The lowest BCUT2D eigenvalue weighted by Gasteiger charge is -2.12. The Kier molecular flexibility index (Phi) is 5.73. The Hall–Kier alpha value is -1.32. The first-order valence-electron chi connectivity index (χ1n) is 6.38. The zero-order valence-corrected chi connectivity index (χ0v) is 11.3. The molecule has 0 fully saturated rings. The summed E-state index contributed by atoms with van der Waals surface area (Å²) in [6.45, 7) is 7.15. The van der Waals surface area contributed by atoms with Crippen molar-refractivity contribution >= 4 is 5.82 Å². The van der Waals surface area contributed by atoms with Crippen LogP contribution in [0, 0.1) is 5.92 Å². The Balaban J connectivity index is 2.63. The largest absolute Gasteiger partial charge is 0.477 e. The molecule has 0 bridgehead atoms. The Morgan fingerprint density at radius 2 is 2.12 bits per heavy atom. The van der Waals surface area contributed by atoms with Crippen LogP contribution in [0.2, 0.25) is 0 Å². The van der Waals surface area contributed by atoms with Crippen LogP contribution >= 0.6 is 0 Å². The van der Waals surface area contributed by atoms with Crippen molar-refractivity contribution in [2.75, 3.05) is 19.0 Å². The molecule has 0 saturated carbocycles. The predicted molar refractivity (Wildman–Crippen MR) is 70.5 cm³/mol. The molecule has 4 heteroatoms. The second-order valence-electron chi connectivity index (χ2n) is 4.32. The number of nitrogens with one attached hydrogen (secondary N) is 1. The summed E-state index contributed by atoms with van der Waals surface area (Å²) < 4.78 is 5.71. The standard InChI is InChI=1S/C13H23N3O/c1-5-7-10(3)9-17-13-8-12(14-4)15-11(6-2)16-13/h8,10H,5-7,9H2,1-4H3,(H,14,15,16). The molecule has 17 heavy (non-hydrogen) atoms. The van der Waals surface area contributed by atoms with E-state index in [1.165, 1.54) is 12.8 Å². The van der Waals surface area contributed by atoms with Crippen LogP contribution in [0.15, 0.2) is 6.07 Å². The highest BCUT2D eigenvalue weighted by Gasteiger charge is 2.06. The van der Waals surface area contributed by atoms with Crippen molar-refractivity contribution in [1.29, 1.82) is 0 Å². The molecule has 1 aromatic rings. The molecule has 0 amide bonds. The van der Waals surface area contributed by atoms with Crippen LogP contribution in [0.5, 0.6) is 5.88 Å². The number of hydrogen-bond acceptors (Lipinski definition) is 4. The van der Waals surface area contributed by atoms with Gasteiger partial charge in [0, 0.05) is 19.5 Å². The van der Waals surface area contributed by atoms with Gasteiger partial charge >= 0.3 is 0 Å². The van der Waals surface area contributed by atoms with Gasteiger partial charge in [0.25, 0.3) is 0 Å². The van der Waals surface area contributed by atoms with E-state index < -0.39 is 0 Å². The number of aryl methyl sites for hydroxylation is 1. The number of anilines is 1. The van der Waals surface area contributed by atoms with E-state index in [9.17, 15) is 0 Å². The summed E-state index contributed by atoms with van der Waals surface area (Å²) in [7, 11) is 1.85. The maximum Gasteiger partial charge on any atom is 0.218 e. The molecule has 0 aliphatic carbocycles. The molecule has 1 N–H and O–H groups in total. The number of ether oxygens (including phenoxy) is 1. The minimum atomic E-state index is 0.568. The van der Waals surface area contributed by atoms with Crippen LogP contribution in [0.3, 0.4) is 0 Å². The van der Waals surface area contributed by atoms with Crippen molar-refractivity contribution in [2.24, 2.45) is 5.92 Å². The van der Waals surface area contributed by atoms with Gasteiger partial charge in [-0.25, -0.2) is 4.98 Å². The van der Waals surface area contributed by atoms with Gasteiger partial charge in [0.05, 0.1) is 6.61 Å². The molecule has 0 aliphatic heterocycles. The van der Waals surface area contributed by atoms with E-state index in [0.29, 0.717) is 11.8 Å². The number of nitrogens with zero attached hydrogens (tertiary/aromatic N) is 2. The topological polar surface area (TPSA) is 47.0 Å². The first kappa shape index (κ1) is 13.7. The summed E-state index contributed by atoms with van der Waals surface area (Å²) in [5.41, 5.74) is 0. The highest BCUT2D eigenvalue weighted by atomic mass is 16.5. The minimum absolute atomic E-state index is 0.568. The third-order valence-corrected chi connectivity index (χ3v) is 2.62. The molecule has 96 valence electrons. The lowest BCUT2D eigenvalue weighted by molar-refractivity contribution is 0.242. The molecule has 4 nitrogen and oxygen atoms in total. The molecule has 1 rings (SSSR count). The average Bonchev–Trinajstić information content (AvgIpc) is 2.36. The van der Waals surface area contributed by atoms with E-state index in [-0.39, 0.29) is 0 Å². The highest BCUT2D eigenvalue weighted by Crippen LogP contribution is 2.15. The van der Waals surface area contributed by atoms with Crippen molar-refractivity contribution in [3.05, 3.63) is 11.9 Å². The zero-order valence-electron chi connectivity index (χ0n) is 11.3. The van der Waals surface area contributed by atoms with E-state index in [0.717, 1.165) is 24.7 Å². The zero-order chi connectivity index (χ0) is 12.7. The van der Waals surface area contributed by atoms with Gasteiger partial charge < -0.3 is 10.1 Å². The van der Waals surface area contributed by atoms with Gasteiger partial charge in [-0.1, -0.05) is 27.2 Å². The number of hydrogen-bond donors (Lipinski definition) is 1. The number of aromatic nitrogens is 2. The molecule has 0 radical (unpaired) electrons. The Morgan fingerprint density at radius 3 is 2.71 bits per heavy atom. The molecule has 0 aliphatic rings. The van der Waals surface area contributed by atoms with Crippen LogP contribution in [0.4, 0.5) is 5.82 Å². The van der Waals surface area contributed by atoms with Gasteiger partial charge in [-0.2, -0.15) is 4.98 Å². The lowest BCUT2D eigenvalue weighted by atomic mass is 10.1. The second-order valence-corrected chi connectivity index (χ2v) is 4.32. The fraction of sp³-hybridized carbons (Fsp3) is 0.692. The molecule has 1 atom stereocenters. The summed E-state index contributed by atoms with van der Waals surface area (Å²) in [6, 6.07) is 1.85. The van der Waals surface area contributed by atoms with Crippen molar-refractivity contribution in [1.82, 2.24) is 9.97 Å². The normalized spacial score (nSPS) is 12.2.